The zero-order valence-corrected chi connectivity index (χ0v) is 13.8. The lowest BCUT2D eigenvalue weighted by Gasteiger charge is -2.04. The molecule has 0 bridgehead atoms. The van der Waals surface area contributed by atoms with E-state index in [0.717, 1.165) is 16.7 Å². The number of nitrogens with zero attached hydrogens (tertiary/aromatic N) is 2. The van der Waals surface area contributed by atoms with Gasteiger partial charge in [0.1, 0.15) is 17.8 Å². The fourth-order valence-electron chi connectivity index (χ4n) is 2.30. The molecular weight excluding hydrogens is 320 g/mol. The van der Waals surface area contributed by atoms with Gasteiger partial charge in [0.25, 0.3) is 0 Å². The molecule has 0 fully saturated rings. The number of aromatic hydroxyl groups is 1. The number of hydrogen-bond donors (Lipinski definition) is 1. The molecule has 3 rings (SSSR count). The number of aryl methyl sites for hydroxylation is 2. The normalized spacial score (nSPS) is 11.0. The molecule has 1 aromatic carbocycles. The lowest BCUT2D eigenvalue weighted by Crippen LogP contribution is -2.08. The molecule has 0 aliphatic carbocycles. The van der Waals surface area contributed by atoms with Crippen molar-refractivity contribution in [1.29, 1.82) is 0 Å². The Morgan fingerprint density at radius 3 is 2.60 bits per heavy atom. The lowest BCUT2D eigenvalue weighted by molar-refractivity contribution is 0.0693. The Hall–Kier alpha value is -3.41. The van der Waals surface area contributed by atoms with Crippen LogP contribution in [0.2, 0.25) is 0 Å². The first-order valence-corrected chi connectivity index (χ1v) is 7.59. The van der Waals surface area contributed by atoms with E-state index >= 15 is 0 Å². The SMILES string of the molecule is Cc1cc(C=Cc2ccc(C(=O)Oc3ccncn3)o2)cc(C)c1O. The molecule has 6 nitrogen and oxygen atoms in total. The highest BCUT2D eigenvalue weighted by atomic mass is 16.6. The summed E-state index contributed by atoms with van der Waals surface area (Å²) in [5.41, 5.74) is 2.52. The number of hydrogen-bond acceptors (Lipinski definition) is 6. The quantitative estimate of drug-likeness (QED) is 0.730. The Morgan fingerprint density at radius 2 is 1.92 bits per heavy atom. The summed E-state index contributed by atoms with van der Waals surface area (Å²) >= 11 is 0. The molecule has 0 unspecified atom stereocenters. The predicted octanol–water partition coefficient (Wildman–Crippen LogP) is 3.78. The molecule has 0 radical (unpaired) electrons. The number of phenolic OH excluding ortho intramolecular Hbond substituents is 1. The van der Waals surface area contributed by atoms with Gasteiger partial charge in [-0.15, -0.1) is 0 Å². The van der Waals surface area contributed by atoms with Crippen molar-refractivity contribution in [1.82, 2.24) is 9.97 Å². The fraction of sp³-hybridized carbons (Fsp3) is 0.105. The van der Waals surface area contributed by atoms with Crippen LogP contribution in [0.5, 0.6) is 11.6 Å². The third-order valence-corrected chi connectivity index (χ3v) is 3.53. The Balaban J connectivity index is 1.72. The highest BCUT2D eigenvalue weighted by Crippen LogP contribution is 2.24. The molecule has 0 aliphatic rings. The smallest absolute Gasteiger partial charge is 0.380 e. The summed E-state index contributed by atoms with van der Waals surface area (Å²) in [5.74, 6) is 0.414. The van der Waals surface area contributed by atoms with E-state index in [1.165, 1.54) is 24.7 Å². The summed E-state index contributed by atoms with van der Waals surface area (Å²) in [6.45, 7) is 3.68. The van der Waals surface area contributed by atoms with E-state index in [4.69, 9.17) is 9.15 Å². The van der Waals surface area contributed by atoms with Gasteiger partial charge < -0.3 is 14.3 Å². The molecule has 6 heteroatoms. The van der Waals surface area contributed by atoms with Gasteiger partial charge in [-0.25, -0.2) is 14.8 Å². The average molecular weight is 336 g/mol. The number of esters is 1. The molecule has 2 aromatic heterocycles. The summed E-state index contributed by atoms with van der Waals surface area (Å²) < 4.78 is 10.6. The van der Waals surface area contributed by atoms with Crippen molar-refractivity contribution in [2.24, 2.45) is 0 Å². The first-order chi connectivity index (χ1) is 12.0. The van der Waals surface area contributed by atoms with E-state index < -0.39 is 5.97 Å². The topological polar surface area (TPSA) is 85.5 Å². The largest absolute Gasteiger partial charge is 0.507 e. The van der Waals surface area contributed by atoms with Crippen LogP contribution in [0, 0.1) is 13.8 Å². The van der Waals surface area contributed by atoms with Crippen LogP contribution in [0.1, 0.15) is 33.0 Å². The maximum Gasteiger partial charge on any atom is 0.380 e. The molecule has 0 saturated carbocycles. The van der Waals surface area contributed by atoms with Crippen LogP contribution >= 0.6 is 0 Å². The number of carbonyl (C=O) groups is 1. The maximum absolute atomic E-state index is 12.0. The second kappa shape index (κ2) is 7.00. The van der Waals surface area contributed by atoms with Crippen molar-refractivity contribution in [3.05, 3.63) is 71.1 Å². The van der Waals surface area contributed by atoms with Gasteiger partial charge in [-0.3, -0.25) is 0 Å². The molecular formula is C19H16N2O4. The number of carbonyl (C=O) groups excluding carboxylic acids is 1. The van der Waals surface area contributed by atoms with Crippen molar-refractivity contribution >= 4 is 18.1 Å². The molecule has 0 amide bonds. The van der Waals surface area contributed by atoms with E-state index in [9.17, 15) is 9.90 Å². The number of benzene rings is 1. The predicted molar refractivity (Wildman–Crippen MR) is 92.2 cm³/mol. The van der Waals surface area contributed by atoms with Gasteiger partial charge in [0, 0.05) is 12.3 Å². The van der Waals surface area contributed by atoms with E-state index in [-0.39, 0.29) is 11.6 Å². The van der Waals surface area contributed by atoms with Crippen molar-refractivity contribution in [3.8, 4) is 11.6 Å². The summed E-state index contributed by atoms with van der Waals surface area (Å²) in [6.07, 6.45) is 6.36. The lowest BCUT2D eigenvalue weighted by atomic mass is 10.1. The second-order valence-electron chi connectivity index (χ2n) is 5.48. The van der Waals surface area contributed by atoms with Crippen LogP contribution in [0.15, 0.2) is 47.3 Å². The van der Waals surface area contributed by atoms with Crippen LogP contribution < -0.4 is 4.74 Å². The molecule has 25 heavy (non-hydrogen) atoms. The van der Waals surface area contributed by atoms with Gasteiger partial charge in [0.05, 0.1) is 0 Å². The Bertz CT molecular complexity index is 907. The van der Waals surface area contributed by atoms with Gasteiger partial charge in [-0.1, -0.05) is 6.08 Å². The Labute approximate surface area is 144 Å². The molecule has 1 N–H and O–H groups in total. The van der Waals surface area contributed by atoms with E-state index in [2.05, 4.69) is 9.97 Å². The van der Waals surface area contributed by atoms with Gasteiger partial charge in [-0.05, 0) is 60.9 Å². The molecule has 0 atom stereocenters. The van der Waals surface area contributed by atoms with E-state index in [0.29, 0.717) is 11.5 Å². The number of furan rings is 1. The van der Waals surface area contributed by atoms with Crippen LogP contribution in [0.4, 0.5) is 0 Å². The van der Waals surface area contributed by atoms with Crippen LogP contribution in [0.25, 0.3) is 12.2 Å². The maximum atomic E-state index is 12.0. The average Bonchev–Trinajstić information content (AvgIpc) is 3.08. The third-order valence-electron chi connectivity index (χ3n) is 3.53. The monoisotopic (exact) mass is 336 g/mol. The Morgan fingerprint density at radius 1 is 1.16 bits per heavy atom. The summed E-state index contributed by atoms with van der Waals surface area (Å²) in [7, 11) is 0. The highest BCUT2D eigenvalue weighted by Gasteiger charge is 2.13. The first kappa shape index (κ1) is 16.4. The number of phenols is 1. The molecule has 3 aromatic rings. The molecule has 2 heterocycles. The summed E-state index contributed by atoms with van der Waals surface area (Å²) in [4.78, 5) is 19.6. The van der Waals surface area contributed by atoms with E-state index in [1.54, 1.807) is 12.1 Å². The van der Waals surface area contributed by atoms with Crippen molar-refractivity contribution < 1.29 is 19.1 Å². The standard InChI is InChI=1S/C19H16N2O4/c1-12-9-14(10-13(2)18(12)22)3-4-15-5-6-16(24-15)19(23)25-17-7-8-20-11-21-17/h3-11,22H,1-2H3. The minimum atomic E-state index is -0.630. The van der Waals surface area contributed by atoms with Crippen molar-refractivity contribution in [3.63, 3.8) is 0 Å². The van der Waals surface area contributed by atoms with Crippen LogP contribution in [-0.4, -0.2) is 21.0 Å². The number of aromatic nitrogens is 2. The number of ether oxygens (including phenoxy) is 1. The van der Waals surface area contributed by atoms with E-state index in [1.807, 2.05) is 32.1 Å². The van der Waals surface area contributed by atoms with Gasteiger partial charge in [0.2, 0.25) is 11.6 Å². The highest BCUT2D eigenvalue weighted by molar-refractivity contribution is 5.88. The number of rotatable bonds is 4. The van der Waals surface area contributed by atoms with Gasteiger partial charge >= 0.3 is 5.97 Å². The van der Waals surface area contributed by atoms with Crippen molar-refractivity contribution in [2.75, 3.05) is 0 Å². The van der Waals surface area contributed by atoms with Crippen LogP contribution in [0.3, 0.4) is 0 Å². The summed E-state index contributed by atoms with van der Waals surface area (Å²) in [6, 6.07) is 8.43. The van der Waals surface area contributed by atoms with Gasteiger partial charge in [0.15, 0.2) is 0 Å². The molecule has 126 valence electrons. The zero-order chi connectivity index (χ0) is 17.8. The zero-order valence-electron chi connectivity index (χ0n) is 13.8. The van der Waals surface area contributed by atoms with Crippen molar-refractivity contribution in [2.45, 2.75) is 13.8 Å². The minimum absolute atomic E-state index is 0.0799. The molecule has 0 saturated heterocycles. The van der Waals surface area contributed by atoms with Gasteiger partial charge in [-0.2, -0.15) is 0 Å². The second-order valence-corrected chi connectivity index (χ2v) is 5.48. The molecule has 0 spiro atoms. The van der Waals surface area contributed by atoms with Crippen LogP contribution in [-0.2, 0) is 0 Å². The third kappa shape index (κ3) is 3.92. The summed E-state index contributed by atoms with van der Waals surface area (Å²) in [5, 5.41) is 9.80. The Kier molecular flexibility index (Phi) is 4.61. The minimum Gasteiger partial charge on any atom is -0.507 e. The molecule has 0 aliphatic heterocycles. The first-order valence-electron chi connectivity index (χ1n) is 7.59. The fourth-order valence-corrected chi connectivity index (χ4v) is 2.30.